The highest BCUT2D eigenvalue weighted by Gasteiger charge is 2.39. The van der Waals surface area contributed by atoms with Crippen LogP contribution >= 0.6 is 0 Å². The van der Waals surface area contributed by atoms with Crippen LogP contribution in [0.1, 0.15) is 18.4 Å². The fourth-order valence-electron chi connectivity index (χ4n) is 2.63. The zero-order valence-corrected chi connectivity index (χ0v) is 14.8. The topological polar surface area (TPSA) is 95.6 Å². The summed E-state index contributed by atoms with van der Waals surface area (Å²) in [6, 6.07) is 5.68. The second-order valence-electron chi connectivity index (χ2n) is 5.79. The molecule has 0 saturated carbocycles. The van der Waals surface area contributed by atoms with Crippen LogP contribution in [0, 0.1) is 19.3 Å². The molecule has 1 atom stereocenters. The van der Waals surface area contributed by atoms with Crippen LogP contribution in [0.3, 0.4) is 0 Å². The summed E-state index contributed by atoms with van der Waals surface area (Å²) in [6.45, 7) is 1.98. The van der Waals surface area contributed by atoms with E-state index in [1.807, 2.05) is 6.92 Å². The van der Waals surface area contributed by atoms with Gasteiger partial charge in [0.25, 0.3) is 0 Å². The number of carbonyl (C=O) groups excluding carboxylic acids is 2. The standard InChI is InChI=1S/C17H21N3O4S/c1-3-10-18-16(21)12-19-17(22)15-5-4-11-20(15)25(23,24)14-8-6-13(2)7-9-14/h1,6-9,15H,4-5,10-12H2,2H3,(H,18,21)(H,19,22)/t15-/m0/s1. The highest BCUT2D eigenvalue weighted by atomic mass is 32.2. The van der Waals surface area contributed by atoms with Gasteiger partial charge in [0.15, 0.2) is 0 Å². The first-order chi connectivity index (χ1) is 11.9. The molecule has 0 radical (unpaired) electrons. The molecule has 1 aromatic rings. The first-order valence-corrected chi connectivity index (χ1v) is 9.36. The molecule has 1 aliphatic rings. The number of terminal acetylenes is 1. The van der Waals surface area contributed by atoms with Crippen molar-refractivity contribution in [1.29, 1.82) is 0 Å². The highest BCUT2D eigenvalue weighted by Crippen LogP contribution is 2.26. The van der Waals surface area contributed by atoms with E-state index < -0.39 is 27.9 Å². The Labute approximate surface area is 147 Å². The van der Waals surface area contributed by atoms with Crippen molar-refractivity contribution >= 4 is 21.8 Å². The van der Waals surface area contributed by atoms with Crippen LogP contribution in [0.5, 0.6) is 0 Å². The summed E-state index contributed by atoms with van der Waals surface area (Å²) in [5, 5.41) is 4.90. The average molecular weight is 363 g/mol. The molecule has 7 nitrogen and oxygen atoms in total. The minimum Gasteiger partial charge on any atom is -0.346 e. The first-order valence-electron chi connectivity index (χ1n) is 7.92. The molecular weight excluding hydrogens is 342 g/mol. The summed E-state index contributed by atoms with van der Waals surface area (Å²) in [5.41, 5.74) is 0.952. The lowest BCUT2D eigenvalue weighted by molar-refractivity contribution is -0.127. The maximum atomic E-state index is 12.8. The molecule has 0 spiro atoms. The van der Waals surface area contributed by atoms with Gasteiger partial charge in [-0.05, 0) is 31.9 Å². The quantitative estimate of drug-likeness (QED) is 0.696. The van der Waals surface area contributed by atoms with E-state index in [4.69, 9.17) is 6.42 Å². The minimum atomic E-state index is -3.76. The van der Waals surface area contributed by atoms with Crippen molar-refractivity contribution in [3.05, 3.63) is 29.8 Å². The lowest BCUT2D eigenvalue weighted by Crippen LogP contribution is -2.48. The molecule has 0 bridgehead atoms. The number of amides is 2. The van der Waals surface area contributed by atoms with Crippen molar-refractivity contribution in [1.82, 2.24) is 14.9 Å². The van der Waals surface area contributed by atoms with Crippen LogP contribution in [-0.2, 0) is 19.6 Å². The van der Waals surface area contributed by atoms with Crippen LogP contribution in [0.15, 0.2) is 29.2 Å². The number of nitrogens with one attached hydrogen (secondary N) is 2. The number of hydrogen-bond donors (Lipinski definition) is 2. The Morgan fingerprint density at radius 2 is 1.96 bits per heavy atom. The van der Waals surface area contributed by atoms with Gasteiger partial charge >= 0.3 is 0 Å². The van der Waals surface area contributed by atoms with E-state index in [2.05, 4.69) is 16.6 Å². The smallest absolute Gasteiger partial charge is 0.243 e. The lowest BCUT2D eigenvalue weighted by atomic mass is 10.2. The third-order valence-electron chi connectivity index (χ3n) is 3.94. The zero-order chi connectivity index (χ0) is 18.4. The molecule has 1 fully saturated rings. The first kappa shape index (κ1) is 19.0. The van der Waals surface area contributed by atoms with Crippen molar-refractivity contribution in [3.63, 3.8) is 0 Å². The lowest BCUT2D eigenvalue weighted by Gasteiger charge is -2.23. The van der Waals surface area contributed by atoms with E-state index in [1.165, 1.54) is 16.4 Å². The molecule has 0 aromatic heterocycles. The van der Waals surface area contributed by atoms with Crippen molar-refractivity contribution in [2.45, 2.75) is 30.7 Å². The van der Waals surface area contributed by atoms with Gasteiger partial charge in [0.05, 0.1) is 18.0 Å². The second-order valence-corrected chi connectivity index (χ2v) is 7.68. The zero-order valence-electron chi connectivity index (χ0n) is 14.0. The summed E-state index contributed by atoms with van der Waals surface area (Å²) < 4.78 is 26.8. The third kappa shape index (κ3) is 4.59. The molecule has 134 valence electrons. The average Bonchev–Trinajstić information content (AvgIpc) is 3.09. The van der Waals surface area contributed by atoms with Gasteiger partial charge in [-0.2, -0.15) is 4.31 Å². The summed E-state index contributed by atoms with van der Waals surface area (Å²) in [4.78, 5) is 24.0. The van der Waals surface area contributed by atoms with Gasteiger partial charge in [-0.1, -0.05) is 23.6 Å². The number of carbonyl (C=O) groups is 2. The Kier molecular flexibility index (Phi) is 6.17. The molecular formula is C17H21N3O4S. The predicted molar refractivity (Wildman–Crippen MR) is 92.9 cm³/mol. The van der Waals surface area contributed by atoms with Gasteiger partial charge in [-0.25, -0.2) is 8.42 Å². The number of aryl methyl sites for hydroxylation is 1. The van der Waals surface area contributed by atoms with Crippen LogP contribution in [0.2, 0.25) is 0 Å². The Morgan fingerprint density at radius 1 is 1.28 bits per heavy atom. The second kappa shape index (κ2) is 8.14. The van der Waals surface area contributed by atoms with Gasteiger partial charge in [-0.3, -0.25) is 9.59 Å². The van der Waals surface area contributed by atoms with Gasteiger partial charge in [-0.15, -0.1) is 6.42 Å². The van der Waals surface area contributed by atoms with Crippen molar-refractivity contribution < 1.29 is 18.0 Å². The minimum absolute atomic E-state index is 0.0755. The maximum Gasteiger partial charge on any atom is 0.243 e. The van der Waals surface area contributed by atoms with E-state index in [0.717, 1.165) is 5.56 Å². The highest BCUT2D eigenvalue weighted by molar-refractivity contribution is 7.89. The Bertz CT molecular complexity index is 781. The maximum absolute atomic E-state index is 12.8. The SMILES string of the molecule is C#CCNC(=O)CNC(=O)[C@@H]1CCCN1S(=O)(=O)c1ccc(C)cc1. The molecule has 1 aliphatic heterocycles. The molecule has 0 unspecified atom stereocenters. The largest absolute Gasteiger partial charge is 0.346 e. The van der Waals surface area contributed by atoms with E-state index in [0.29, 0.717) is 12.8 Å². The van der Waals surface area contributed by atoms with Crippen LogP contribution < -0.4 is 10.6 Å². The Morgan fingerprint density at radius 3 is 2.60 bits per heavy atom. The Hall–Kier alpha value is -2.37. The molecule has 0 aliphatic carbocycles. The monoisotopic (exact) mass is 363 g/mol. The molecule has 2 rings (SSSR count). The number of nitrogens with zero attached hydrogens (tertiary/aromatic N) is 1. The van der Waals surface area contributed by atoms with Crippen molar-refractivity contribution in [2.75, 3.05) is 19.6 Å². The van der Waals surface area contributed by atoms with Crippen LogP contribution in [-0.4, -0.2) is 50.2 Å². The van der Waals surface area contributed by atoms with Gasteiger partial charge in [0.1, 0.15) is 6.04 Å². The van der Waals surface area contributed by atoms with E-state index >= 15 is 0 Å². The fraction of sp³-hybridized carbons (Fsp3) is 0.412. The van der Waals surface area contributed by atoms with E-state index in [-0.39, 0.29) is 24.5 Å². The summed E-state index contributed by atoms with van der Waals surface area (Å²) in [6.07, 6.45) is 6.05. The number of sulfonamides is 1. The molecule has 2 N–H and O–H groups in total. The fourth-order valence-corrected chi connectivity index (χ4v) is 4.29. The molecule has 2 amide bonds. The van der Waals surface area contributed by atoms with Gasteiger partial charge < -0.3 is 10.6 Å². The molecule has 1 heterocycles. The van der Waals surface area contributed by atoms with E-state index in [9.17, 15) is 18.0 Å². The molecule has 8 heteroatoms. The van der Waals surface area contributed by atoms with Crippen molar-refractivity contribution in [2.24, 2.45) is 0 Å². The molecule has 25 heavy (non-hydrogen) atoms. The van der Waals surface area contributed by atoms with Gasteiger partial charge in [0, 0.05) is 6.54 Å². The molecule has 1 aromatic carbocycles. The normalized spacial score (nSPS) is 17.7. The van der Waals surface area contributed by atoms with Crippen molar-refractivity contribution in [3.8, 4) is 12.3 Å². The summed E-state index contributed by atoms with van der Waals surface area (Å²) >= 11 is 0. The third-order valence-corrected chi connectivity index (χ3v) is 5.87. The van der Waals surface area contributed by atoms with E-state index in [1.54, 1.807) is 12.1 Å². The summed E-state index contributed by atoms with van der Waals surface area (Å²) in [5.74, 6) is 1.36. The number of benzene rings is 1. The van der Waals surface area contributed by atoms with Crippen LogP contribution in [0.25, 0.3) is 0 Å². The number of rotatable bonds is 6. The number of hydrogen-bond acceptors (Lipinski definition) is 4. The van der Waals surface area contributed by atoms with Crippen LogP contribution in [0.4, 0.5) is 0 Å². The molecule has 1 saturated heterocycles. The summed E-state index contributed by atoms with van der Waals surface area (Å²) in [7, 11) is -3.76. The predicted octanol–water partition coefficient (Wildman–Crippen LogP) is 0.0137. The Balaban J connectivity index is 2.06. The van der Waals surface area contributed by atoms with Gasteiger partial charge in [0.2, 0.25) is 21.8 Å².